The predicted molar refractivity (Wildman–Crippen MR) is 89.6 cm³/mol. The summed E-state index contributed by atoms with van der Waals surface area (Å²) >= 11 is 0. The Labute approximate surface area is 142 Å². The normalized spacial score (nSPS) is 22.0. The maximum absolute atomic E-state index is 11.1. The molecule has 2 aromatic rings. The Bertz CT molecular complexity index is 687. The Morgan fingerprint density at radius 2 is 2.25 bits per heavy atom. The van der Waals surface area contributed by atoms with Crippen LogP contribution in [0, 0.1) is 0 Å². The van der Waals surface area contributed by atoms with Crippen molar-refractivity contribution >= 4 is 0 Å². The van der Waals surface area contributed by atoms with Crippen LogP contribution < -0.4 is 4.74 Å². The first-order valence-corrected chi connectivity index (χ1v) is 8.37. The van der Waals surface area contributed by atoms with Gasteiger partial charge in [-0.25, -0.2) is 9.67 Å². The van der Waals surface area contributed by atoms with E-state index in [0.717, 1.165) is 18.5 Å². The number of hydrogen-bond acceptors (Lipinski definition) is 6. The monoisotopic (exact) mass is 331 g/mol. The highest BCUT2D eigenvalue weighted by Crippen LogP contribution is 2.31. The summed E-state index contributed by atoms with van der Waals surface area (Å²) in [6, 6.07) is 4.14. The molecule has 0 spiro atoms. The third-order valence-electron chi connectivity index (χ3n) is 4.50. The largest absolute Gasteiger partial charge is 0.481 e. The van der Waals surface area contributed by atoms with E-state index in [1.807, 2.05) is 32.2 Å². The van der Waals surface area contributed by atoms with Gasteiger partial charge >= 0.3 is 0 Å². The third-order valence-corrected chi connectivity index (χ3v) is 4.50. The summed E-state index contributed by atoms with van der Waals surface area (Å²) in [4.78, 5) is 6.46. The topological polar surface area (TPSA) is 76.3 Å². The van der Waals surface area contributed by atoms with Crippen molar-refractivity contribution in [2.75, 3.05) is 20.2 Å². The van der Waals surface area contributed by atoms with E-state index in [1.165, 1.54) is 0 Å². The molecule has 1 aliphatic heterocycles. The Morgan fingerprint density at radius 1 is 1.42 bits per heavy atom. The molecule has 1 fully saturated rings. The van der Waals surface area contributed by atoms with Crippen LogP contribution in [-0.4, -0.2) is 50.2 Å². The van der Waals surface area contributed by atoms with Gasteiger partial charge in [0.25, 0.3) is 0 Å². The summed E-state index contributed by atoms with van der Waals surface area (Å²) < 4.78 is 7.12. The van der Waals surface area contributed by atoms with E-state index in [2.05, 4.69) is 20.2 Å². The number of aliphatic hydroxyl groups is 1. The summed E-state index contributed by atoms with van der Waals surface area (Å²) in [7, 11) is 1.63. The fraction of sp³-hybridized carbons (Fsp3) is 0.588. The molecule has 0 aromatic carbocycles. The van der Waals surface area contributed by atoms with Crippen molar-refractivity contribution in [3.05, 3.63) is 35.8 Å². The van der Waals surface area contributed by atoms with Crippen molar-refractivity contribution in [1.82, 2.24) is 24.9 Å². The average Bonchev–Trinajstić information content (AvgIpc) is 3.07. The lowest BCUT2D eigenvalue weighted by Crippen LogP contribution is -2.46. The zero-order valence-electron chi connectivity index (χ0n) is 14.5. The van der Waals surface area contributed by atoms with Crippen LogP contribution in [0.3, 0.4) is 0 Å². The minimum atomic E-state index is -0.958. The minimum Gasteiger partial charge on any atom is -0.481 e. The number of methoxy groups -OCH3 is 1. The lowest BCUT2D eigenvalue weighted by molar-refractivity contribution is -0.0416. The van der Waals surface area contributed by atoms with Crippen LogP contribution in [-0.2, 0) is 12.1 Å². The van der Waals surface area contributed by atoms with Crippen molar-refractivity contribution in [3.8, 4) is 5.88 Å². The lowest BCUT2D eigenvalue weighted by atomic mass is 9.90. The maximum atomic E-state index is 11.1. The predicted octanol–water partition coefficient (Wildman–Crippen LogP) is 1.75. The molecule has 0 aliphatic carbocycles. The molecule has 7 nitrogen and oxygen atoms in total. The number of aromatic nitrogens is 4. The quantitative estimate of drug-likeness (QED) is 0.899. The van der Waals surface area contributed by atoms with E-state index in [9.17, 15) is 5.11 Å². The molecule has 1 N–H and O–H groups in total. The van der Waals surface area contributed by atoms with Gasteiger partial charge in [-0.05, 0) is 39.3 Å². The van der Waals surface area contributed by atoms with Crippen LogP contribution in [0.1, 0.15) is 44.0 Å². The molecule has 24 heavy (non-hydrogen) atoms. The zero-order chi connectivity index (χ0) is 17.2. The van der Waals surface area contributed by atoms with Gasteiger partial charge in [-0.3, -0.25) is 4.90 Å². The second-order valence-electron chi connectivity index (χ2n) is 6.70. The molecule has 2 aromatic heterocycles. The SMILES string of the molecule is COc1ncccc1CN1CCCC(O)(c2cn(C(C)C)nn2)C1. The Morgan fingerprint density at radius 3 is 2.96 bits per heavy atom. The molecule has 0 saturated carbocycles. The summed E-state index contributed by atoms with van der Waals surface area (Å²) in [6.45, 7) is 6.24. The fourth-order valence-electron chi connectivity index (χ4n) is 3.18. The Hall–Kier alpha value is -1.99. The van der Waals surface area contributed by atoms with Crippen LogP contribution >= 0.6 is 0 Å². The molecule has 130 valence electrons. The van der Waals surface area contributed by atoms with E-state index in [0.29, 0.717) is 31.1 Å². The van der Waals surface area contributed by atoms with Crippen molar-refractivity contribution in [3.63, 3.8) is 0 Å². The first-order chi connectivity index (χ1) is 11.5. The first-order valence-electron chi connectivity index (χ1n) is 8.37. The van der Waals surface area contributed by atoms with Crippen molar-refractivity contribution in [2.45, 2.75) is 44.9 Å². The Balaban J connectivity index is 1.75. The van der Waals surface area contributed by atoms with Crippen LogP contribution in [0.25, 0.3) is 0 Å². The van der Waals surface area contributed by atoms with Gasteiger partial charge in [0, 0.05) is 30.9 Å². The number of likely N-dealkylation sites (tertiary alicyclic amines) is 1. The summed E-state index contributed by atoms with van der Waals surface area (Å²) in [5.41, 5.74) is 0.718. The van der Waals surface area contributed by atoms with Gasteiger partial charge in [0.1, 0.15) is 11.3 Å². The van der Waals surface area contributed by atoms with E-state index in [-0.39, 0.29) is 6.04 Å². The van der Waals surface area contributed by atoms with Gasteiger partial charge in [-0.15, -0.1) is 5.10 Å². The van der Waals surface area contributed by atoms with E-state index >= 15 is 0 Å². The smallest absolute Gasteiger partial charge is 0.217 e. The molecule has 1 atom stereocenters. The zero-order valence-corrected chi connectivity index (χ0v) is 14.5. The molecule has 1 aliphatic rings. The molecule has 1 saturated heterocycles. The van der Waals surface area contributed by atoms with Gasteiger partial charge in [0.2, 0.25) is 5.88 Å². The van der Waals surface area contributed by atoms with Gasteiger partial charge in [0.05, 0.1) is 13.3 Å². The number of nitrogens with zero attached hydrogens (tertiary/aromatic N) is 5. The molecule has 3 heterocycles. The standard InChI is InChI=1S/C17H25N5O2/c1-13(2)22-11-15(19-20-22)17(23)7-5-9-21(12-17)10-14-6-4-8-18-16(14)24-3/h4,6,8,11,13,23H,5,7,9-10,12H2,1-3H3. The second-order valence-corrected chi connectivity index (χ2v) is 6.70. The number of ether oxygens (including phenoxy) is 1. The van der Waals surface area contributed by atoms with Crippen LogP contribution in [0.4, 0.5) is 0 Å². The molecule has 0 amide bonds. The first kappa shape index (κ1) is 16.9. The van der Waals surface area contributed by atoms with Crippen LogP contribution in [0.2, 0.25) is 0 Å². The van der Waals surface area contributed by atoms with Gasteiger partial charge in [0.15, 0.2) is 0 Å². The molecular formula is C17H25N5O2. The van der Waals surface area contributed by atoms with Gasteiger partial charge in [-0.2, -0.15) is 0 Å². The van der Waals surface area contributed by atoms with Crippen LogP contribution in [0.15, 0.2) is 24.5 Å². The van der Waals surface area contributed by atoms with Gasteiger partial charge in [-0.1, -0.05) is 11.3 Å². The molecule has 0 radical (unpaired) electrons. The number of β-amino-alcohol motifs (C(OH)–C–C–N with tert-alkyl or cyclic N) is 1. The number of pyridine rings is 1. The van der Waals surface area contributed by atoms with Gasteiger partial charge < -0.3 is 9.84 Å². The summed E-state index contributed by atoms with van der Waals surface area (Å²) in [6.07, 6.45) is 5.19. The maximum Gasteiger partial charge on any atom is 0.217 e. The number of rotatable bonds is 5. The average molecular weight is 331 g/mol. The highest BCUT2D eigenvalue weighted by atomic mass is 16.5. The number of piperidine rings is 1. The summed E-state index contributed by atoms with van der Waals surface area (Å²) in [5, 5.41) is 19.4. The molecule has 1 unspecified atom stereocenters. The van der Waals surface area contributed by atoms with Crippen LogP contribution in [0.5, 0.6) is 5.88 Å². The van der Waals surface area contributed by atoms with E-state index in [1.54, 1.807) is 18.0 Å². The van der Waals surface area contributed by atoms with E-state index < -0.39 is 5.60 Å². The molecule has 3 rings (SSSR count). The fourth-order valence-corrected chi connectivity index (χ4v) is 3.18. The highest BCUT2D eigenvalue weighted by molar-refractivity contribution is 5.25. The lowest BCUT2D eigenvalue weighted by Gasteiger charge is -2.38. The number of hydrogen-bond donors (Lipinski definition) is 1. The van der Waals surface area contributed by atoms with E-state index in [4.69, 9.17) is 4.74 Å². The highest BCUT2D eigenvalue weighted by Gasteiger charge is 2.37. The second kappa shape index (κ2) is 6.86. The summed E-state index contributed by atoms with van der Waals surface area (Å²) in [5.74, 6) is 0.636. The Kier molecular flexibility index (Phi) is 4.82. The molecular weight excluding hydrogens is 306 g/mol. The third kappa shape index (κ3) is 3.42. The van der Waals surface area contributed by atoms with Crippen molar-refractivity contribution in [1.29, 1.82) is 0 Å². The van der Waals surface area contributed by atoms with Crippen molar-refractivity contribution in [2.24, 2.45) is 0 Å². The molecule has 7 heteroatoms. The van der Waals surface area contributed by atoms with Crippen molar-refractivity contribution < 1.29 is 9.84 Å². The molecule has 0 bridgehead atoms. The minimum absolute atomic E-state index is 0.231.